The molecule has 2 rings (SSSR count). The number of fused-ring (bicyclic) bond motifs is 1. The van der Waals surface area contributed by atoms with Gasteiger partial charge < -0.3 is 10.2 Å². The molecule has 0 bridgehead atoms. The van der Waals surface area contributed by atoms with Crippen molar-refractivity contribution >= 4 is 5.82 Å². The number of aromatic nitrogens is 1. The van der Waals surface area contributed by atoms with Crippen LogP contribution in [0.2, 0.25) is 0 Å². The van der Waals surface area contributed by atoms with Crippen molar-refractivity contribution in [2.24, 2.45) is 0 Å². The van der Waals surface area contributed by atoms with Crippen molar-refractivity contribution in [2.75, 3.05) is 32.5 Å². The van der Waals surface area contributed by atoms with Gasteiger partial charge in [-0.05, 0) is 57.3 Å². The van der Waals surface area contributed by atoms with E-state index in [4.69, 9.17) is 4.98 Å². The van der Waals surface area contributed by atoms with E-state index in [1.807, 2.05) is 14.1 Å². The Labute approximate surface area is 121 Å². The first-order valence-corrected chi connectivity index (χ1v) is 7.50. The maximum absolute atomic E-state index is 9.51. The summed E-state index contributed by atoms with van der Waals surface area (Å²) < 4.78 is 0. The average Bonchev–Trinajstić information content (AvgIpc) is 2.45. The summed E-state index contributed by atoms with van der Waals surface area (Å²) in [7, 11) is 4.09. The number of aryl methyl sites for hydroxylation is 1. The van der Waals surface area contributed by atoms with E-state index in [1.165, 1.54) is 29.7 Å². The summed E-state index contributed by atoms with van der Waals surface area (Å²) in [6.07, 6.45) is 5.45. The number of nitriles is 1. The fourth-order valence-corrected chi connectivity index (χ4v) is 2.84. The zero-order valence-corrected chi connectivity index (χ0v) is 12.8. The summed E-state index contributed by atoms with van der Waals surface area (Å²) in [4.78, 5) is 6.84. The van der Waals surface area contributed by atoms with Crippen LogP contribution >= 0.6 is 0 Å². The molecule has 0 saturated heterocycles. The van der Waals surface area contributed by atoms with Crippen LogP contribution in [0.4, 0.5) is 5.82 Å². The Balaban J connectivity index is 2.33. The van der Waals surface area contributed by atoms with Gasteiger partial charge in [-0.25, -0.2) is 4.98 Å². The Morgan fingerprint density at radius 3 is 2.55 bits per heavy atom. The minimum atomic E-state index is 0.774. The zero-order chi connectivity index (χ0) is 14.5. The van der Waals surface area contributed by atoms with Crippen molar-refractivity contribution in [3.63, 3.8) is 0 Å². The molecule has 0 aromatic carbocycles. The highest BCUT2D eigenvalue weighted by Gasteiger charge is 2.21. The lowest BCUT2D eigenvalue weighted by Gasteiger charge is -2.22. The highest BCUT2D eigenvalue weighted by Crippen LogP contribution is 2.30. The smallest absolute Gasteiger partial charge is 0.144 e. The minimum Gasteiger partial charge on any atom is -0.368 e. The van der Waals surface area contributed by atoms with Crippen molar-refractivity contribution in [1.82, 2.24) is 9.88 Å². The molecular weight excluding hydrogens is 248 g/mol. The second-order valence-corrected chi connectivity index (χ2v) is 5.64. The summed E-state index contributed by atoms with van der Waals surface area (Å²) in [5.74, 6) is 0.784. The van der Waals surface area contributed by atoms with Crippen molar-refractivity contribution in [1.29, 1.82) is 5.26 Å². The highest BCUT2D eigenvalue weighted by atomic mass is 15.1. The summed E-state index contributed by atoms with van der Waals surface area (Å²) >= 11 is 0. The molecule has 1 aliphatic carbocycles. The van der Waals surface area contributed by atoms with Crippen LogP contribution in [0.15, 0.2) is 0 Å². The van der Waals surface area contributed by atoms with Crippen molar-refractivity contribution < 1.29 is 0 Å². The third kappa shape index (κ3) is 3.10. The van der Waals surface area contributed by atoms with E-state index in [1.54, 1.807) is 0 Å². The fourth-order valence-electron chi connectivity index (χ4n) is 2.84. The molecule has 0 radical (unpaired) electrons. The van der Waals surface area contributed by atoms with Crippen molar-refractivity contribution in [2.45, 2.75) is 39.0 Å². The van der Waals surface area contributed by atoms with Crippen molar-refractivity contribution in [3.8, 4) is 6.07 Å². The molecule has 0 atom stereocenters. The molecule has 4 heteroatoms. The lowest BCUT2D eigenvalue weighted by molar-refractivity contribution is 0.425. The first-order valence-electron chi connectivity index (χ1n) is 7.50. The molecule has 1 heterocycles. The zero-order valence-electron chi connectivity index (χ0n) is 12.8. The molecule has 20 heavy (non-hydrogen) atoms. The van der Waals surface area contributed by atoms with Crippen LogP contribution < -0.4 is 5.32 Å². The summed E-state index contributed by atoms with van der Waals surface area (Å²) in [6.45, 7) is 3.90. The van der Waals surface area contributed by atoms with Gasteiger partial charge in [-0.2, -0.15) is 5.26 Å². The van der Waals surface area contributed by atoms with Gasteiger partial charge in [0, 0.05) is 18.8 Å². The number of nitrogens with zero attached hydrogens (tertiary/aromatic N) is 3. The second-order valence-electron chi connectivity index (χ2n) is 5.64. The average molecular weight is 272 g/mol. The van der Waals surface area contributed by atoms with Gasteiger partial charge in [-0.1, -0.05) is 6.92 Å². The molecule has 4 nitrogen and oxygen atoms in total. The summed E-state index contributed by atoms with van der Waals surface area (Å²) in [5, 5.41) is 12.9. The van der Waals surface area contributed by atoms with Crippen LogP contribution in [0.1, 0.15) is 42.1 Å². The first-order chi connectivity index (χ1) is 9.67. The van der Waals surface area contributed by atoms with Gasteiger partial charge in [-0.3, -0.25) is 0 Å². The van der Waals surface area contributed by atoms with Crippen LogP contribution in [-0.4, -0.2) is 37.1 Å². The molecule has 0 amide bonds. The van der Waals surface area contributed by atoms with Gasteiger partial charge in [0.1, 0.15) is 11.9 Å². The monoisotopic (exact) mass is 272 g/mol. The minimum absolute atomic E-state index is 0.774. The second kappa shape index (κ2) is 6.71. The largest absolute Gasteiger partial charge is 0.368 e. The van der Waals surface area contributed by atoms with Crippen LogP contribution in [0.5, 0.6) is 0 Å². The number of anilines is 1. The van der Waals surface area contributed by atoms with Crippen LogP contribution in [0.3, 0.4) is 0 Å². The molecule has 0 saturated carbocycles. The Bertz CT molecular complexity index is 514. The normalized spacial score (nSPS) is 13.9. The van der Waals surface area contributed by atoms with E-state index in [-0.39, 0.29) is 0 Å². The van der Waals surface area contributed by atoms with E-state index in [0.717, 1.165) is 43.7 Å². The Kier molecular flexibility index (Phi) is 4.97. The Hall–Kier alpha value is -1.60. The van der Waals surface area contributed by atoms with E-state index >= 15 is 0 Å². The molecule has 1 N–H and O–H groups in total. The predicted molar refractivity (Wildman–Crippen MR) is 82.0 cm³/mol. The number of likely N-dealkylation sites (N-methyl/N-ethyl adjacent to an activating group) is 1. The van der Waals surface area contributed by atoms with Gasteiger partial charge in [0.05, 0.1) is 5.56 Å². The van der Waals surface area contributed by atoms with Gasteiger partial charge >= 0.3 is 0 Å². The summed E-state index contributed by atoms with van der Waals surface area (Å²) in [6, 6.07) is 2.37. The molecule has 0 spiro atoms. The van der Waals surface area contributed by atoms with Gasteiger partial charge in [0.2, 0.25) is 0 Å². The number of hydrogen-bond acceptors (Lipinski definition) is 4. The topological polar surface area (TPSA) is 52.0 Å². The SMILES string of the molecule is CCc1nc(NCCN(C)C)c(C#N)c2c1CCCC2. The third-order valence-electron chi connectivity index (χ3n) is 3.90. The van der Waals surface area contributed by atoms with E-state index in [0.29, 0.717) is 0 Å². The lowest BCUT2D eigenvalue weighted by atomic mass is 9.87. The number of hydrogen-bond donors (Lipinski definition) is 1. The Morgan fingerprint density at radius 1 is 1.25 bits per heavy atom. The molecule has 1 aliphatic rings. The van der Waals surface area contributed by atoms with Crippen LogP contribution in [-0.2, 0) is 19.3 Å². The number of rotatable bonds is 5. The highest BCUT2D eigenvalue weighted by molar-refractivity contribution is 5.60. The lowest BCUT2D eigenvalue weighted by Crippen LogP contribution is -2.22. The molecule has 1 aromatic heterocycles. The molecule has 0 aliphatic heterocycles. The molecule has 108 valence electrons. The van der Waals surface area contributed by atoms with Crippen molar-refractivity contribution in [3.05, 3.63) is 22.4 Å². The number of nitrogens with one attached hydrogen (secondary N) is 1. The van der Waals surface area contributed by atoms with Gasteiger partial charge in [0.25, 0.3) is 0 Å². The van der Waals surface area contributed by atoms with Gasteiger partial charge in [-0.15, -0.1) is 0 Å². The first kappa shape index (κ1) is 14.8. The maximum Gasteiger partial charge on any atom is 0.144 e. The standard InChI is InChI=1S/C16H24N4/c1-4-15-13-8-6-5-7-12(13)14(11-17)16(19-15)18-9-10-20(2)3/h4-10H2,1-3H3,(H,18,19). The molecular formula is C16H24N4. The van der Waals surface area contributed by atoms with Crippen LogP contribution in [0.25, 0.3) is 0 Å². The molecule has 0 unspecified atom stereocenters. The third-order valence-corrected chi connectivity index (χ3v) is 3.90. The van der Waals surface area contributed by atoms with Crippen LogP contribution in [0, 0.1) is 11.3 Å². The van der Waals surface area contributed by atoms with Gasteiger partial charge in [0.15, 0.2) is 0 Å². The predicted octanol–water partition coefficient (Wildman–Crippen LogP) is 2.37. The van der Waals surface area contributed by atoms with E-state index < -0.39 is 0 Å². The fraction of sp³-hybridized carbons (Fsp3) is 0.625. The van der Waals surface area contributed by atoms with E-state index in [9.17, 15) is 5.26 Å². The summed E-state index contributed by atoms with van der Waals surface area (Å²) in [5.41, 5.74) is 4.54. The quantitative estimate of drug-likeness (QED) is 0.894. The van der Waals surface area contributed by atoms with E-state index in [2.05, 4.69) is 23.2 Å². The molecule has 0 fully saturated rings. The number of pyridine rings is 1. The molecule has 1 aromatic rings. The maximum atomic E-state index is 9.51. The Morgan fingerprint density at radius 2 is 1.95 bits per heavy atom.